The molecule has 0 saturated carbocycles. The fraction of sp³-hybridized carbons (Fsp3) is 0. The number of hydrogen-bond acceptors (Lipinski definition) is 5. The molecule has 0 fully saturated rings. The zero-order valence-electron chi connectivity index (χ0n) is 37.7. The number of para-hydroxylation sites is 6. The van der Waals surface area contributed by atoms with E-state index in [1.807, 2.05) is 123 Å². The third kappa shape index (κ3) is 4.68. The van der Waals surface area contributed by atoms with Gasteiger partial charge in [-0.3, -0.25) is 0 Å². The summed E-state index contributed by atoms with van der Waals surface area (Å²) in [4.78, 5) is 4.47. The SMILES string of the molecule is [C-]#[N+]c1c(-n2c3ccccc3c3c4oc5ccccc5c4ccc32)c(C#N)c(-n2c3ccccc3c3c4oc5ccccc5c4ccc32)c(C#N)c1-n1c2ccccc2c2c3oc4ccccc4c3ccc21. The van der Waals surface area contributed by atoms with E-state index >= 15 is 0 Å². The quantitative estimate of drug-likeness (QED) is 0.164. The van der Waals surface area contributed by atoms with Gasteiger partial charge in [0.05, 0.1) is 84.0 Å². The second kappa shape index (κ2) is 13.8. The molecule has 0 saturated heterocycles. The summed E-state index contributed by atoms with van der Waals surface area (Å²) in [6.07, 6.45) is 0. The lowest BCUT2D eigenvalue weighted by molar-refractivity contribution is 0.672. The topological polar surface area (TPSA) is 106 Å². The van der Waals surface area contributed by atoms with Crippen molar-refractivity contribution in [3.8, 4) is 29.2 Å². The first-order chi connectivity index (χ1) is 35.6. The van der Waals surface area contributed by atoms with Crippen LogP contribution in [0.2, 0.25) is 0 Å². The molecule has 0 N–H and O–H groups in total. The van der Waals surface area contributed by atoms with E-state index in [1.54, 1.807) is 0 Å². The largest absolute Gasteiger partial charge is 0.455 e. The maximum Gasteiger partial charge on any atom is 0.236 e. The first-order valence-corrected chi connectivity index (χ1v) is 23.6. The van der Waals surface area contributed by atoms with Crippen LogP contribution in [0.3, 0.4) is 0 Å². The molecule has 0 radical (unpaired) electrons. The van der Waals surface area contributed by atoms with Gasteiger partial charge in [-0.2, -0.15) is 10.5 Å². The minimum Gasteiger partial charge on any atom is -0.455 e. The molecule has 0 aliphatic heterocycles. The Bertz CT molecular complexity index is 4740. The van der Waals surface area contributed by atoms with Gasteiger partial charge in [0.1, 0.15) is 45.6 Å². The van der Waals surface area contributed by atoms with Gasteiger partial charge in [0.25, 0.3) is 0 Å². The van der Waals surface area contributed by atoms with E-state index in [0.29, 0.717) is 33.8 Å². The highest BCUT2D eigenvalue weighted by atomic mass is 16.3. The summed E-state index contributed by atoms with van der Waals surface area (Å²) in [6.45, 7) is 9.39. The predicted molar refractivity (Wildman–Crippen MR) is 287 cm³/mol. The van der Waals surface area contributed by atoms with Gasteiger partial charge in [-0.15, -0.1) is 0 Å². The maximum atomic E-state index is 12.1. The molecule has 9 heteroatoms. The fourth-order valence-corrected chi connectivity index (χ4v) is 12.1. The molecule has 0 bridgehead atoms. The minimum atomic E-state index is 0.131. The van der Waals surface area contributed by atoms with Gasteiger partial charge in [0.2, 0.25) is 5.69 Å². The number of nitriles is 2. The molecule has 10 aromatic carbocycles. The van der Waals surface area contributed by atoms with Gasteiger partial charge in [0, 0.05) is 48.5 Å². The minimum absolute atomic E-state index is 0.131. The number of nitrogens with zero attached hydrogens (tertiary/aromatic N) is 6. The van der Waals surface area contributed by atoms with E-state index in [0.717, 1.165) is 114 Å². The third-order valence-corrected chi connectivity index (χ3v) is 14.9. The van der Waals surface area contributed by atoms with Crippen LogP contribution in [0.1, 0.15) is 11.1 Å². The lowest BCUT2D eigenvalue weighted by atomic mass is 9.99. The Hall–Kier alpha value is -10.5. The van der Waals surface area contributed by atoms with Crippen LogP contribution < -0.4 is 0 Å². The Morgan fingerprint density at radius 2 is 0.639 bits per heavy atom. The molecule has 0 aliphatic carbocycles. The first kappa shape index (κ1) is 38.4. The Morgan fingerprint density at radius 1 is 0.333 bits per heavy atom. The third-order valence-electron chi connectivity index (χ3n) is 14.9. The Balaban J connectivity index is 1.15. The second-order valence-electron chi connectivity index (χ2n) is 18.3. The van der Waals surface area contributed by atoms with E-state index in [1.165, 1.54) is 0 Å². The van der Waals surface area contributed by atoms with Crippen molar-refractivity contribution >= 4 is 137 Å². The summed E-state index contributed by atoms with van der Waals surface area (Å²) in [5.74, 6) is 0. The second-order valence-corrected chi connectivity index (χ2v) is 18.3. The zero-order chi connectivity index (χ0) is 47.5. The number of fused-ring (bicyclic) bond motifs is 21. The van der Waals surface area contributed by atoms with Crippen LogP contribution >= 0.6 is 0 Å². The highest BCUT2D eigenvalue weighted by Crippen LogP contribution is 2.51. The molecule has 16 aromatic rings. The van der Waals surface area contributed by atoms with Crippen LogP contribution in [0, 0.1) is 29.2 Å². The number of benzene rings is 10. The molecular formula is C63H30N6O3. The zero-order valence-corrected chi connectivity index (χ0v) is 37.7. The van der Waals surface area contributed by atoms with Gasteiger partial charge in [-0.05, 0) is 72.8 Å². The molecule has 9 nitrogen and oxygen atoms in total. The molecule has 0 aliphatic rings. The average Bonchev–Trinajstić information content (AvgIpc) is 4.28. The highest BCUT2D eigenvalue weighted by molar-refractivity contribution is 6.27. The number of furan rings is 3. The summed E-state index contributed by atoms with van der Waals surface area (Å²) in [5, 5.41) is 35.2. The molecule has 6 heterocycles. The van der Waals surface area contributed by atoms with Crippen LogP contribution in [0.5, 0.6) is 0 Å². The monoisotopic (exact) mass is 918 g/mol. The van der Waals surface area contributed by atoms with Crippen LogP contribution in [-0.2, 0) is 0 Å². The molecular weight excluding hydrogens is 889 g/mol. The van der Waals surface area contributed by atoms with Crippen LogP contribution in [0.15, 0.2) is 195 Å². The maximum absolute atomic E-state index is 12.1. The molecule has 6 aromatic heterocycles. The van der Waals surface area contributed by atoms with Gasteiger partial charge < -0.3 is 27.0 Å². The molecule has 0 spiro atoms. The van der Waals surface area contributed by atoms with Crippen molar-refractivity contribution in [2.24, 2.45) is 0 Å². The van der Waals surface area contributed by atoms with Crippen molar-refractivity contribution in [2.45, 2.75) is 0 Å². The van der Waals surface area contributed by atoms with Gasteiger partial charge >= 0.3 is 0 Å². The number of rotatable bonds is 3. The van der Waals surface area contributed by atoms with E-state index in [4.69, 9.17) is 13.3 Å². The Morgan fingerprint density at radius 3 is 0.972 bits per heavy atom. The summed E-state index contributed by atoms with van der Waals surface area (Å²) >= 11 is 0. The van der Waals surface area contributed by atoms with Crippen LogP contribution in [0.25, 0.3) is 153 Å². The van der Waals surface area contributed by atoms with Crippen molar-refractivity contribution in [1.82, 2.24) is 13.7 Å². The molecule has 16 rings (SSSR count). The van der Waals surface area contributed by atoms with Gasteiger partial charge in [-0.25, -0.2) is 4.85 Å². The average molecular weight is 919 g/mol. The van der Waals surface area contributed by atoms with Crippen LogP contribution in [-0.4, -0.2) is 13.7 Å². The lowest BCUT2D eigenvalue weighted by Crippen LogP contribution is -2.11. The summed E-state index contributed by atoms with van der Waals surface area (Å²) in [7, 11) is 0. The van der Waals surface area contributed by atoms with E-state index in [9.17, 15) is 17.1 Å². The van der Waals surface area contributed by atoms with Gasteiger partial charge in [0.15, 0.2) is 0 Å². The van der Waals surface area contributed by atoms with Crippen molar-refractivity contribution < 1.29 is 13.3 Å². The molecule has 0 atom stereocenters. The van der Waals surface area contributed by atoms with Crippen molar-refractivity contribution in [3.63, 3.8) is 0 Å². The van der Waals surface area contributed by atoms with E-state index in [-0.39, 0.29) is 16.8 Å². The summed E-state index contributed by atoms with van der Waals surface area (Å²) in [6, 6.07) is 65.8. The Kier molecular flexibility index (Phi) is 7.37. The number of aromatic nitrogens is 3. The highest BCUT2D eigenvalue weighted by Gasteiger charge is 2.34. The molecule has 330 valence electrons. The van der Waals surface area contributed by atoms with Crippen LogP contribution in [0.4, 0.5) is 5.69 Å². The first-order valence-electron chi connectivity index (χ1n) is 23.6. The molecule has 0 unspecified atom stereocenters. The Labute approximate surface area is 406 Å². The van der Waals surface area contributed by atoms with Crippen molar-refractivity contribution in [3.05, 3.63) is 205 Å². The molecule has 72 heavy (non-hydrogen) atoms. The standard InChI is InChI=1S/C63H30N6O3/c1-66-57-59(68-46-21-9-3-18-41(46)55-49(68)30-27-38-35-15-6-12-24-52(35)71-62(38)55)43(32-64)58(67-45-20-8-2-17-40(45)54-48(67)29-26-37-34-14-5-11-23-51(34)70-61(37)54)44(33-65)60(57)69-47-22-10-4-19-42(47)56-50(69)31-28-39-36-16-7-13-25-53(36)72-63(39)56/h2-31H. The van der Waals surface area contributed by atoms with Crippen molar-refractivity contribution in [2.75, 3.05) is 0 Å². The van der Waals surface area contributed by atoms with E-state index < -0.39 is 0 Å². The fourth-order valence-electron chi connectivity index (χ4n) is 12.1. The number of hydrogen-bond donors (Lipinski definition) is 0. The predicted octanol–water partition coefficient (Wildman–Crippen LogP) is 17.0. The van der Waals surface area contributed by atoms with Gasteiger partial charge in [-0.1, -0.05) is 109 Å². The smallest absolute Gasteiger partial charge is 0.236 e. The van der Waals surface area contributed by atoms with E-state index in [2.05, 4.69) is 89.8 Å². The lowest BCUT2D eigenvalue weighted by Gasteiger charge is -2.23. The summed E-state index contributed by atoms with van der Waals surface area (Å²) in [5.41, 5.74) is 10.3. The van der Waals surface area contributed by atoms with Crippen molar-refractivity contribution in [1.29, 1.82) is 10.5 Å². The normalized spacial score (nSPS) is 12.1. The summed E-state index contributed by atoms with van der Waals surface area (Å²) < 4.78 is 26.3. The molecule has 0 amide bonds.